The first-order valence-corrected chi connectivity index (χ1v) is 6.17. The number of hydrogen-bond acceptors (Lipinski definition) is 4. The van der Waals surface area contributed by atoms with Gasteiger partial charge in [-0.15, -0.1) is 0 Å². The van der Waals surface area contributed by atoms with Crippen molar-refractivity contribution in [2.75, 3.05) is 20.8 Å². The van der Waals surface area contributed by atoms with Gasteiger partial charge in [0, 0.05) is 31.5 Å². The molecule has 0 bridgehead atoms. The zero-order valence-electron chi connectivity index (χ0n) is 11.4. The fourth-order valence-electron chi connectivity index (χ4n) is 1.79. The van der Waals surface area contributed by atoms with Crippen molar-refractivity contribution >= 4 is 5.91 Å². The lowest BCUT2D eigenvalue weighted by Crippen LogP contribution is -2.34. The molecule has 1 aromatic carbocycles. The van der Waals surface area contributed by atoms with Gasteiger partial charge in [0.1, 0.15) is 0 Å². The summed E-state index contributed by atoms with van der Waals surface area (Å²) >= 11 is 0. The number of benzene rings is 1. The van der Waals surface area contributed by atoms with Gasteiger partial charge in [-0.3, -0.25) is 9.89 Å². The molecule has 6 heteroatoms. The molecule has 0 unspecified atom stereocenters. The Balaban J connectivity index is 2.05. The maximum absolute atomic E-state index is 12.1. The number of H-pyrrole nitrogens is 1. The van der Waals surface area contributed by atoms with Crippen LogP contribution in [0, 0.1) is 0 Å². The molecule has 0 aliphatic rings. The third-order valence-electron chi connectivity index (χ3n) is 2.91. The Bertz CT molecular complexity index is 551. The normalized spacial score (nSPS) is 10.8. The molecular formula is C14H17N3O3. The number of methoxy groups -OCH3 is 2. The lowest BCUT2D eigenvalue weighted by molar-refractivity contribution is -0.0974. The largest absolute Gasteiger partial charge is 0.354 e. The second kappa shape index (κ2) is 6.83. The molecule has 0 fully saturated rings. The summed E-state index contributed by atoms with van der Waals surface area (Å²) in [5.41, 5.74) is 2.45. The monoisotopic (exact) mass is 275 g/mol. The van der Waals surface area contributed by atoms with Gasteiger partial charge in [0.15, 0.2) is 6.29 Å². The van der Waals surface area contributed by atoms with Crippen LogP contribution in [0.2, 0.25) is 0 Å². The van der Waals surface area contributed by atoms with Gasteiger partial charge in [-0.25, -0.2) is 0 Å². The fraction of sp³-hybridized carbons (Fsp3) is 0.286. The number of hydrogen-bond donors (Lipinski definition) is 2. The summed E-state index contributed by atoms with van der Waals surface area (Å²) in [6.45, 7) is 0.293. The van der Waals surface area contributed by atoms with E-state index in [1.165, 1.54) is 14.2 Å². The SMILES string of the molecule is COC(CNC(=O)c1cccc(-c2cn[nH]c2)c1)OC. The second-order valence-electron chi connectivity index (χ2n) is 4.18. The highest BCUT2D eigenvalue weighted by Gasteiger charge is 2.10. The Kier molecular flexibility index (Phi) is 4.86. The van der Waals surface area contributed by atoms with E-state index in [0.717, 1.165) is 11.1 Å². The molecule has 0 radical (unpaired) electrons. The number of ether oxygens (including phenoxy) is 2. The van der Waals surface area contributed by atoms with Gasteiger partial charge in [-0.2, -0.15) is 5.10 Å². The Labute approximate surface area is 117 Å². The van der Waals surface area contributed by atoms with E-state index in [1.54, 1.807) is 18.5 Å². The van der Waals surface area contributed by atoms with Crippen LogP contribution in [0.15, 0.2) is 36.7 Å². The van der Waals surface area contributed by atoms with Crippen molar-refractivity contribution in [2.45, 2.75) is 6.29 Å². The molecular weight excluding hydrogens is 258 g/mol. The van der Waals surface area contributed by atoms with Crippen molar-refractivity contribution in [1.29, 1.82) is 0 Å². The number of nitrogens with one attached hydrogen (secondary N) is 2. The number of rotatable bonds is 6. The average molecular weight is 275 g/mol. The van der Waals surface area contributed by atoms with Gasteiger partial charge in [0.25, 0.3) is 5.91 Å². The smallest absolute Gasteiger partial charge is 0.251 e. The highest BCUT2D eigenvalue weighted by molar-refractivity contribution is 5.95. The maximum Gasteiger partial charge on any atom is 0.251 e. The first-order chi connectivity index (χ1) is 9.74. The number of carbonyl (C=O) groups excluding carboxylic acids is 1. The van der Waals surface area contributed by atoms with Crippen LogP contribution in [0.25, 0.3) is 11.1 Å². The molecule has 0 aliphatic heterocycles. The molecule has 1 heterocycles. The van der Waals surface area contributed by atoms with Crippen molar-refractivity contribution in [3.05, 3.63) is 42.2 Å². The third-order valence-corrected chi connectivity index (χ3v) is 2.91. The molecule has 0 spiro atoms. The quantitative estimate of drug-likeness (QED) is 0.782. The molecule has 0 saturated carbocycles. The predicted octanol–water partition coefficient (Wildman–Crippen LogP) is 1.43. The molecule has 20 heavy (non-hydrogen) atoms. The van der Waals surface area contributed by atoms with Crippen LogP contribution in [0.4, 0.5) is 0 Å². The van der Waals surface area contributed by atoms with Crippen molar-refractivity contribution < 1.29 is 14.3 Å². The zero-order valence-corrected chi connectivity index (χ0v) is 11.4. The van der Waals surface area contributed by atoms with Gasteiger partial charge in [0.05, 0.1) is 12.7 Å². The maximum atomic E-state index is 12.1. The van der Waals surface area contributed by atoms with Crippen LogP contribution < -0.4 is 5.32 Å². The number of nitrogens with zero attached hydrogens (tertiary/aromatic N) is 1. The standard InChI is InChI=1S/C14H17N3O3/c1-19-13(20-2)9-15-14(18)11-5-3-4-10(6-11)12-7-16-17-8-12/h3-8,13H,9H2,1-2H3,(H,15,18)(H,16,17). The third kappa shape index (κ3) is 3.43. The van der Waals surface area contributed by atoms with E-state index in [1.807, 2.05) is 18.2 Å². The number of aromatic amines is 1. The molecule has 0 atom stereocenters. The Morgan fingerprint density at radius 2 is 2.15 bits per heavy atom. The first kappa shape index (κ1) is 14.2. The summed E-state index contributed by atoms with van der Waals surface area (Å²) in [5, 5.41) is 9.41. The minimum atomic E-state index is -0.448. The molecule has 0 aliphatic carbocycles. The Hall–Kier alpha value is -2.18. The minimum absolute atomic E-state index is 0.172. The van der Waals surface area contributed by atoms with Gasteiger partial charge in [0.2, 0.25) is 0 Å². The highest BCUT2D eigenvalue weighted by atomic mass is 16.7. The molecule has 6 nitrogen and oxygen atoms in total. The molecule has 1 amide bonds. The van der Waals surface area contributed by atoms with Crippen LogP contribution in [0.5, 0.6) is 0 Å². The predicted molar refractivity (Wildman–Crippen MR) is 74.2 cm³/mol. The lowest BCUT2D eigenvalue weighted by atomic mass is 10.1. The molecule has 0 saturated heterocycles. The summed E-state index contributed by atoms with van der Waals surface area (Å²) in [7, 11) is 3.06. The van der Waals surface area contributed by atoms with E-state index in [9.17, 15) is 4.79 Å². The number of aromatic nitrogens is 2. The van der Waals surface area contributed by atoms with E-state index in [0.29, 0.717) is 12.1 Å². The van der Waals surface area contributed by atoms with E-state index >= 15 is 0 Å². The van der Waals surface area contributed by atoms with Crippen molar-refractivity contribution in [3.8, 4) is 11.1 Å². The van der Waals surface area contributed by atoms with Crippen LogP contribution in [0.3, 0.4) is 0 Å². The molecule has 2 rings (SSSR count). The van der Waals surface area contributed by atoms with Gasteiger partial charge >= 0.3 is 0 Å². The lowest BCUT2D eigenvalue weighted by Gasteiger charge is -2.14. The fourth-order valence-corrected chi connectivity index (χ4v) is 1.79. The summed E-state index contributed by atoms with van der Waals surface area (Å²) in [5.74, 6) is -0.172. The van der Waals surface area contributed by atoms with Crippen LogP contribution in [0.1, 0.15) is 10.4 Å². The van der Waals surface area contributed by atoms with Gasteiger partial charge < -0.3 is 14.8 Å². The first-order valence-electron chi connectivity index (χ1n) is 6.17. The summed E-state index contributed by atoms with van der Waals surface area (Å²) in [6.07, 6.45) is 3.04. The average Bonchev–Trinajstić information content (AvgIpc) is 3.02. The van der Waals surface area contributed by atoms with E-state index in [4.69, 9.17) is 9.47 Å². The molecule has 2 N–H and O–H groups in total. The molecule has 2 aromatic rings. The van der Waals surface area contributed by atoms with Crippen molar-refractivity contribution in [3.63, 3.8) is 0 Å². The zero-order chi connectivity index (χ0) is 14.4. The Morgan fingerprint density at radius 1 is 1.35 bits per heavy atom. The van der Waals surface area contributed by atoms with Gasteiger partial charge in [-0.1, -0.05) is 12.1 Å². The molecule has 1 aromatic heterocycles. The van der Waals surface area contributed by atoms with Crippen LogP contribution in [-0.2, 0) is 9.47 Å². The summed E-state index contributed by atoms with van der Waals surface area (Å²) in [6, 6.07) is 7.33. The van der Waals surface area contributed by atoms with Crippen molar-refractivity contribution in [1.82, 2.24) is 15.5 Å². The van der Waals surface area contributed by atoms with Gasteiger partial charge in [-0.05, 0) is 17.7 Å². The van der Waals surface area contributed by atoms with E-state index in [-0.39, 0.29) is 5.91 Å². The minimum Gasteiger partial charge on any atom is -0.354 e. The number of amides is 1. The van der Waals surface area contributed by atoms with E-state index in [2.05, 4.69) is 15.5 Å². The second-order valence-corrected chi connectivity index (χ2v) is 4.18. The summed E-state index contributed by atoms with van der Waals surface area (Å²) < 4.78 is 10.0. The van der Waals surface area contributed by atoms with E-state index < -0.39 is 6.29 Å². The van der Waals surface area contributed by atoms with Crippen molar-refractivity contribution in [2.24, 2.45) is 0 Å². The van der Waals surface area contributed by atoms with Crippen LogP contribution in [-0.4, -0.2) is 43.2 Å². The number of carbonyl (C=O) groups is 1. The highest BCUT2D eigenvalue weighted by Crippen LogP contribution is 2.18. The Morgan fingerprint density at radius 3 is 2.80 bits per heavy atom. The summed E-state index contributed by atoms with van der Waals surface area (Å²) in [4.78, 5) is 12.1. The van der Waals surface area contributed by atoms with Crippen LogP contribution >= 0.6 is 0 Å². The topological polar surface area (TPSA) is 76.2 Å². The molecule has 106 valence electrons.